The molecule has 0 atom stereocenters. The molecule has 11 aromatic rings. The number of aromatic nitrogens is 2. The zero-order chi connectivity index (χ0) is 34.2. The molecule has 0 bridgehead atoms. The van der Waals surface area contributed by atoms with Gasteiger partial charge in [0.15, 0.2) is 0 Å². The third kappa shape index (κ3) is 4.65. The number of rotatable bonds is 5. The SMILES string of the molecule is c1ccc(-c2nnc(-c3ccc(N(c4ccc5c(c4)sc4ccc6ccccc6c45)c4ccc5c(c4)sc4ccc6ccccc6c45)cc3)o2)cc1. The highest BCUT2D eigenvalue weighted by Gasteiger charge is 2.19. The smallest absolute Gasteiger partial charge is 0.248 e. The molecule has 0 aliphatic carbocycles. The molecule has 4 nitrogen and oxygen atoms in total. The fourth-order valence-electron chi connectivity index (χ4n) is 7.59. The minimum Gasteiger partial charge on any atom is -0.416 e. The van der Waals surface area contributed by atoms with Crippen LogP contribution in [-0.2, 0) is 0 Å². The van der Waals surface area contributed by atoms with Crippen molar-refractivity contribution in [2.24, 2.45) is 0 Å². The summed E-state index contributed by atoms with van der Waals surface area (Å²) < 4.78 is 11.2. The van der Waals surface area contributed by atoms with E-state index in [9.17, 15) is 0 Å². The molecule has 8 aromatic carbocycles. The van der Waals surface area contributed by atoms with Crippen LogP contribution >= 0.6 is 22.7 Å². The Morgan fingerprint density at radius 2 is 0.865 bits per heavy atom. The molecule has 0 aliphatic rings. The quantitative estimate of drug-likeness (QED) is 0.179. The van der Waals surface area contributed by atoms with Crippen molar-refractivity contribution in [3.63, 3.8) is 0 Å². The zero-order valence-corrected chi connectivity index (χ0v) is 29.3. The van der Waals surface area contributed by atoms with E-state index in [4.69, 9.17) is 4.42 Å². The summed E-state index contributed by atoms with van der Waals surface area (Å²) >= 11 is 3.71. The van der Waals surface area contributed by atoms with Gasteiger partial charge in [0.25, 0.3) is 0 Å². The lowest BCUT2D eigenvalue weighted by molar-refractivity contribution is 0.584. The lowest BCUT2D eigenvalue weighted by atomic mass is 10.0. The topological polar surface area (TPSA) is 42.2 Å². The lowest BCUT2D eigenvalue weighted by Gasteiger charge is -2.26. The molecule has 0 unspecified atom stereocenters. The zero-order valence-electron chi connectivity index (χ0n) is 27.7. The predicted molar refractivity (Wildman–Crippen MR) is 221 cm³/mol. The minimum absolute atomic E-state index is 0.495. The number of thiophene rings is 2. The monoisotopic (exact) mass is 701 g/mol. The van der Waals surface area contributed by atoms with Gasteiger partial charge in [0.2, 0.25) is 11.8 Å². The normalized spacial score (nSPS) is 11.8. The van der Waals surface area contributed by atoms with Gasteiger partial charge in [-0.2, -0.15) is 0 Å². The van der Waals surface area contributed by atoms with Gasteiger partial charge < -0.3 is 9.32 Å². The molecule has 0 saturated heterocycles. The molecule has 244 valence electrons. The number of benzene rings is 8. The van der Waals surface area contributed by atoms with Gasteiger partial charge in [0, 0.05) is 68.5 Å². The largest absolute Gasteiger partial charge is 0.416 e. The second-order valence-corrected chi connectivity index (χ2v) is 15.2. The van der Waals surface area contributed by atoms with Crippen LogP contribution in [0.25, 0.3) is 84.8 Å². The Kier molecular flexibility index (Phi) is 6.56. The molecule has 0 radical (unpaired) electrons. The maximum absolute atomic E-state index is 6.11. The first-order chi connectivity index (χ1) is 25.7. The molecule has 0 aliphatic heterocycles. The van der Waals surface area contributed by atoms with E-state index < -0.39 is 0 Å². The Hall–Kier alpha value is -6.34. The summed E-state index contributed by atoms with van der Waals surface area (Å²) in [5, 5.41) is 19.1. The number of nitrogens with zero attached hydrogens (tertiary/aromatic N) is 3. The van der Waals surface area contributed by atoms with E-state index in [2.05, 4.69) is 149 Å². The van der Waals surface area contributed by atoms with Crippen molar-refractivity contribution in [1.82, 2.24) is 10.2 Å². The van der Waals surface area contributed by atoms with Gasteiger partial charge in [-0.15, -0.1) is 32.9 Å². The first-order valence-corrected chi connectivity index (χ1v) is 18.9. The van der Waals surface area contributed by atoms with E-state index in [1.54, 1.807) is 0 Å². The van der Waals surface area contributed by atoms with Crippen molar-refractivity contribution in [3.05, 3.63) is 164 Å². The fourth-order valence-corrected chi connectivity index (χ4v) is 9.89. The number of anilines is 3. The molecule has 0 fully saturated rings. The van der Waals surface area contributed by atoms with E-state index in [1.807, 2.05) is 53.0 Å². The summed E-state index contributed by atoms with van der Waals surface area (Å²) in [5.74, 6) is 1.00. The molecule has 0 spiro atoms. The molecule has 0 N–H and O–H groups in total. The molecule has 3 aromatic heterocycles. The van der Waals surface area contributed by atoms with Crippen molar-refractivity contribution in [2.45, 2.75) is 0 Å². The highest BCUT2D eigenvalue weighted by Crippen LogP contribution is 2.45. The van der Waals surface area contributed by atoms with Crippen LogP contribution in [0.3, 0.4) is 0 Å². The summed E-state index contributed by atoms with van der Waals surface area (Å²) in [6, 6.07) is 58.5. The molecular weight excluding hydrogens is 675 g/mol. The van der Waals surface area contributed by atoms with Crippen LogP contribution in [0.5, 0.6) is 0 Å². The number of hydrogen-bond acceptors (Lipinski definition) is 6. The number of hydrogen-bond donors (Lipinski definition) is 0. The van der Waals surface area contributed by atoms with Gasteiger partial charge >= 0.3 is 0 Å². The van der Waals surface area contributed by atoms with Gasteiger partial charge in [0.1, 0.15) is 0 Å². The van der Waals surface area contributed by atoms with Gasteiger partial charge in [-0.1, -0.05) is 91.0 Å². The van der Waals surface area contributed by atoms with Gasteiger partial charge in [-0.05, 0) is 94.3 Å². The molecule has 11 rings (SSSR count). The Balaban J connectivity index is 1.07. The summed E-state index contributed by atoms with van der Waals surface area (Å²) in [5.41, 5.74) is 5.02. The van der Waals surface area contributed by atoms with Gasteiger partial charge in [0.05, 0.1) is 0 Å². The standard InChI is InChI=1S/C46H27N3OS2/c1-2-10-30(11-3-1)45-47-48-46(50-45)31-14-18-32(19-15-31)49(33-20-22-37-41(26-33)51-39-24-16-28-8-4-6-12-35(28)43(37)39)34-21-23-38-42(27-34)52-40-25-17-29-9-5-7-13-36(29)44(38)40/h1-27H. The highest BCUT2D eigenvalue weighted by atomic mass is 32.1. The van der Waals surface area contributed by atoms with Crippen LogP contribution in [0.15, 0.2) is 168 Å². The Morgan fingerprint density at radius 1 is 0.385 bits per heavy atom. The van der Waals surface area contributed by atoms with E-state index in [1.165, 1.54) is 61.9 Å². The van der Waals surface area contributed by atoms with Crippen molar-refractivity contribution in [3.8, 4) is 22.9 Å². The lowest BCUT2D eigenvalue weighted by Crippen LogP contribution is -2.09. The van der Waals surface area contributed by atoms with Crippen LogP contribution in [-0.4, -0.2) is 10.2 Å². The minimum atomic E-state index is 0.495. The van der Waals surface area contributed by atoms with Crippen molar-refractivity contribution < 1.29 is 4.42 Å². The fraction of sp³-hybridized carbons (Fsp3) is 0. The average Bonchev–Trinajstić information content (AvgIpc) is 3.94. The Bertz CT molecular complexity index is 2990. The molecule has 3 heterocycles. The third-order valence-electron chi connectivity index (χ3n) is 10.0. The van der Waals surface area contributed by atoms with Crippen LogP contribution in [0, 0.1) is 0 Å². The van der Waals surface area contributed by atoms with Gasteiger partial charge in [-0.3, -0.25) is 0 Å². The molecule has 0 saturated carbocycles. The van der Waals surface area contributed by atoms with Crippen LogP contribution in [0.4, 0.5) is 17.1 Å². The van der Waals surface area contributed by atoms with Crippen LogP contribution in [0.2, 0.25) is 0 Å². The second kappa shape index (κ2) is 11.6. The van der Waals surface area contributed by atoms with E-state index in [0.29, 0.717) is 11.8 Å². The Labute approximate surface area is 306 Å². The highest BCUT2D eigenvalue weighted by molar-refractivity contribution is 7.26. The maximum Gasteiger partial charge on any atom is 0.248 e. The van der Waals surface area contributed by atoms with Crippen molar-refractivity contribution in [1.29, 1.82) is 0 Å². The van der Waals surface area contributed by atoms with E-state index in [0.717, 1.165) is 28.2 Å². The maximum atomic E-state index is 6.11. The predicted octanol–water partition coefficient (Wildman–Crippen LogP) is 13.9. The molecule has 0 amide bonds. The van der Waals surface area contributed by atoms with Gasteiger partial charge in [-0.25, -0.2) is 0 Å². The molecule has 52 heavy (non-hydrogen) atoms. The summed E-state index contributed by atoms with van der Waals surface area (Å²) in [6.07, 6.45) is 0. The summed E-state index contributed by atoms with van der Waals surface area (Å²) in [7, 11) is 0. The van der Waals surface area contributed by atoms with E-state index in [-0.39, 0.29) is 0 Å². The first kappa shape index (κ1) is 29.4. The summed E-state index contributed by atoms with van der Waals surface area (Å²) in [6.45, 7) is 0. The van der Waals surface area contributed by atoms with Crippen LogP contribution in [0.1, 0.15) is 0 Å². The van der Waals surface area contributed by atoms with Crippen molar-refractivity contribution >= 4 is 102 Å². The summed E-state index contributed by atoms with van der Waals surface area (Å²) in [4.78, 5) is 2.36. The molecule has 6 heteroatoms. The van der Waals surface area contributed by atoms with Crippen molar-refractivity contribution in [2.75, 3.05) is 4.90 Å². The number of fused-ring (bicyclic) bond motifs is 10. The third-order valence-corrected chi connectivity index (χ3v) is 12.3. The van der Waals surface area contributed by atoms with Crippen LogP contribution < -0.4 is 4.90 Å². The van der Waals surface area contributed by atoms with E-state index >= 15 is 0 Å². The average molecular weight is 702 g/mol. The second-order valence-electron chi connectivity index (χ2n) is 13.0. The Morgan fingerprint density at radius 3 is 1.42 bits per heavy atom. The first-order valence-electron chi connectivity index (χ1n) is 17.2. The molecular formula is C46H27N3OS2.